The molecular formula is C16H14O4S. The van der Waals surface area contributed by atoms with Gasteiger partial charge in [-0.25, -0.2) is 13.2 Å². The molecule has 0 fully saturated rings. The molecule has 0 aliphatic carbocycles. The summed E-state index contributed by atoms with van der Waals surface area (Å²) in [7, 11) is -2.77. The lowest BCUT2D eigenvalue weighted by atomic mass is 10.2. The Hall–Kier alpha value is -2.40. The third-order valence-electron chi connectivity index (χ3n) is 2.83. The van der Waals surface area contributed by atoms with Gasteiger partial charge in [-0.1, -0.05) is 48.5 Å². The van der Waals surface area contributed by atoms with Gasteiger partial charge in [-0.15, -0.1) is 0 Å². The van der Waals surface area contributed by atoms with Gasteiger partial charge < -0.3 is 4.74 Å². The smallest absolute Gasteiger partial charge is 0.349 e. The predicted octanol–water partition coefficient (Wildman–Crippen LogP) is 2.67. The van der Waals surface area contributed by atoms with E-state index >= 15 is 0 Å². The first kappa shape index (κ1) is 15.0. The Kier molecular flexibility index (Phi) is 4.55. The van der Waals surface area contributed by atoms with E-state index in [-0.39, 0.29) is 9.80 Å². The van der Waals surface area contributed by atoms with Crippen LogP contribution in [0.1, 0.15) is 5.56 Å². The molecule has 0 saturated heterocycles. The summed E-state index contributed by atoms with van der Waals surface area (Å²) in [4.78, 5) is 11.5. The van der Waals surface area contributed by atoms with Gasteiger partial charge in [-0.3, -0.25) is 0 Å². The molecule has 0 aromatic heterocycles. The molecule has 0 aliphatic rings. The van der Waals surface area contributed by atoms with Crippen molar-refractivity contribution in [1.82, 2.24) is 0 Å². The van der Waals surface area contributed by atoms with Crippen molar-refractivity contribution in [2.75, 3.05) is 7.11 Å². The zero-order chi connectivity index (χ0) is 15.3. The van der Waals surface area contributed by atoms with E-state index in [2.05, 4.69) is 4.74 Å². The van der Waals surface area contributed by atoms with Crippen molar-refractivity contribution in [1.29, 1.82) is 0 Å². The molecule has 0 spiro atoms. The van der Waals surface area contributed by atoms with Crippen molar-refractivity contribution in [3.05, 3.63) is 71.1 Å². The Balaban J connectivity index is 2.57. The largest absolute Gasteiger partial charge is 0.465 e. The van der Waals surface area contributed by atoms with Gasteiger partial charge in [0.05, 0.1) is 12.0 Å². The third kappa shape index (κ3) is 3.38. The number of carbonyl (C=O) groups excluding carboxylic acids is 1. The fourth-order valence-electron chi connectivity index (χ4n) is 1.77. The molecule has 4 nitrogen and oxygen atoms in total. The highest BCUT2D eigenvalue weighted by molar-refractivity contribution is 7.96. The quantitative estimate of drug-likeness (QED) is 0.643. The van der Waals surface area contributed by atoms with Crippen LogP contribution in [0.5, 0.6) is 0 Å². The highest BCUT2D eigenvalue weighted by atomic mass is 32.2. The minimum atomic E-state index is -3.92. The number of benzene rings is 2. The second-order valence-corrected chi connectivity index (χ2v) is 6.15. The molecule has 108 valence electrons. The Morgan fingerprint density at radius 3 is 2.00 bits per heavy atom. The van der Waals surface area contributed by atoms with Gasteiger partial charge >= 0.3 is 5.97 Å². The van der Waals surface area contributed by atoms with Crippen LogP contribution >= 0.6 is 0 Å². The summed E-state index contributed by atoms with van der Waals surface area (Å²) in [5.74, 6) is -0.886. The fourth-order valence-corrected chi connectivity index (χ4v) is 3.14. The van der Waals surface area contributed by atoms with Crippen molar-refractivity contribution < 1.29 is 17.9 Å². The van der Waals surface area contributed by atoms with Crippen molar-refractivity contribution in [2.24, 2.45) is 0 Å². The first-order valence-electron chi connectivity index (χ1n) is 6.21. The lowest BCUT2D eigenvalue weighted by Gasteiger charge is -2.07. The van der Waals surface area contributed by atoms with Crippen LogP contribution in [0.4, 0.5) is 0 Å². The molecule has 0 bridgehead atoms. The van der Waals surface area contributed by atoms with Crippen molar-refractivity contribution >= 4 is 21.9 Å². The van der Waals surface area contributed by atoms with Crippen LogP contribution in [-0.4, -0.2) is 21.5 Å². The number of ether oxygens (including phenoxy) is 1. The first-order valence-corrected chi connectivity index (χ1v) is 7.69. The lowest BCUT2D eigenvalue weighted by molar-refractivity contribution is -0.135. The highest BCUT2D eigenvalue weighted by Crippen LogP contribution is 2.22. The minimum Gasteiger partial charge on any atom is -0.465 e. The van der Waals surface area contributed by atoms with Gasteiger partial charge in [-0.2, -0.15) is 0 Å². The fraction of sp³-hybridized carbons (Fsp3) is 0.0625. The lowest BCUT2D eigenvalue weighted by Crippen LogP contribution is -2.15. The standard InChI is InChI=1S/C16H14O4S/c1-20-16(17)15(12-13-8-4-2-5-9-13)21(18,19)14-10-6-3-7-11-14/h2-12H,1H3/b15-12+. The van der Waals surface area contributed by atoms with E-state index in [1.165, 1.54) is 18.2 Å². The van der Waals surface area contributed by atoms with Crippen molar-refractivity contribution in [2.45, 2.75) is 4.90 Å². The Bertz CT molecular complexity index is 747. The van der Waals surface area contributed by atoms with Crippen LogP contribution in [0.2, 0.25) is 0 Å². The molecule has 21 heavy (non-hydrogen) atoms. The van der Waals surface area contributed by atoms with E-state index in [1.54, 1.807) is 48.5 Å². The molecule has 0 aliphatic heterocycles. The van der Waals surface area contributed by atoms with E-state index in [0.717, 1.165) is 7.11 Å². The zero-order valence-corrected chi connectivity index (χ0v) is 12.2. The molecule has 0 unspecified atom stereocenters. The van der Waals surface area contributed by atoms with Gasteiger partial charge in [0.25, 0.3) is 0 Å². The van der Waals surface area contributed by atoms with Crippen LogP contribution in [0, 0.1) is 0 Å². The summed E-state index contributed by atoms with van der Waals surface area (Å²) >= 11 is 0. The maximum absolute atomic E-state index is 12.6. The average molecular weight is 302 g/mol. The normalized spacial score (nSPS) is 12.0. The molecule has 0 N–H and O–H groups in total. The Morgan fingerprint density at radius 1 is 0.952 bits per heavy atom. The maximum atomic E-state index is 12.6. The van der Waals surface area contributed by atoms with Gasteiger partial charge in [-0.05, 0) is 23.8 Å². The second-order valence-electron chi connectivity index (χ2n) is 4.23. The summed E-state index contributed by atoms with van der Waals surface area (Å²) in [6, 6.07) is 16.5. The summed E-state index contributed by atoms with van der Waals surface area (Å²) < 4.78 is 29.7. The van der Waals surface area contributed by atoms with Crippen LogP contribution in [0.25, 0.3) is 6.08 Å². The molecular weight excluding hydrogens is 288 g/mol. The number of carbonyl (C=O) groups is 1. The van der Waals surface area contributed by atoms with E-state index in [9.17, 15) is 13.2 Å². The molecule has 0 heterocycles. The van der Waals surface area contributed by atoms with E-state index < -0.39 is 15.8 Å². The van der Waals surface area contributed by atoms with Gasteiger partial charge in [0.15, 0.2) is 4.91 Å². The van der Waals surface area contributed by atoms with Gasteiger partial charge in [0.2, 0.25) is 9.84 Å². The van der Waals surface area contributed by atoms with E-state index in [1.807, 2.05) is 0 Å². The van der Waals surface area contributed by atoms with E-state index in [4.69, 9.17) is 0 Å². The zero-order valence-electron chi connectivity index (χ0n) is 11.4. The number of hydrogen-bond acceptors (Lipinski definition) is 4. The van der Waals surface area contributed by atoms with Gasteiger partial charge in [0.1, 0.15) is 0 Å². The van der Waals surface area contributed by atoms with Crippen LogP contribution in [0.15, 0.2) is 70.5 Å². The molecule has 5 heteroatoms. The molecule has 0 saturated carbocycles. The topological polar surface area (TPSA) is 60.4 Å². The molecule has 2 aromatic rings. The summed E-state index contributed by atoms with van der Waals surface area (Å²) in [5, 5.41) is 0. The third-order valence-corrected chi connectivity index (χ3v) is 4.58. The van der Waals surface area contributed by atoms with Crippen LogP contribution in [0.3, 0.4) is 0 Å². The number of methoxy groups -OCH3 is 1. The molecule has 0 amide bonds. The molecule has 0 radical (unpaired) electrons. The Morgan fingerprint density at radius 2 is 1.48 bits per heavy atom. The Labute approximate surface area is 123 Å². The number of sulfone groups is 1. The van der Waals surface area contributed by atoms with E-state index in [0.29, 0.717) is 5.56 Å². The molecule has 2 aromatic carbocycles. The minimum absolute atomic E-state index is 0.0533. The van der Waals surface area contributed by atoms with Gasteiger partial charge in [0, 0.05) is 0 Å². The van der Waals surface area contributed by atoms with Crippen LogP contribution < -0.4 is 0 Å². The second kappa shape index (κ2) is 6.37. The predicted molar refractivity (Wildman–Crippen MR) is 80.1 cm³/mol. The summed E-state index contributed by atoms with van der Waals surface area (Å²) in [5.41, 5.74) is 0.609. The summed E-state index contributed by atoms with van der Waals surface area (Å²) in [6.07, 6.45) is 1.31. The first-order chi connectivity index (χ1) is 10.1. The maximum Gasteiger partial charge on any atom is 0.349 e. The number of rotatable bonds is 4. The highest BCUT2D eigenvalue weighted by Gasteiger charge is 2.27. The van der Waals surface area contributed by atoms with Crippen molar-refractivity contribution in [3.63, 3.8) is 0 Å². The molecule has 0 atom stereocenters. The monoisotopic (exact) mass is 302 g/mol. The average Bonchev–Trinajstić information content (AvgIpc) is 2.53. The van der Waals surface area contributed by atoms with Crippen molar-refractivity contribution in [3.8, 4) is 0 Å². The summed E-state index contributed by atoms with van der Waals surface area (Å²) in [6.45, 7) is 0. The van der Waals surface area contributed by atoms with Crippen LogP contribution in [-0.2, 0) is 19.4 Å². The SMILES string of the molecule is COC(=O)/C(=C\c1ccccc1)S(=O)(=O)c1ccccc1. The number of hydrogen-bond donors (Lipinski definition) is 0. The number of esters is 1. The molecule has 2 rings (SSSR count).